The van der Waals surface area contributed by atoms with Crippen molar-refractivity contribution in [2.24, 2.45) is 5.73 Å². The summed E-state index contributed by atoms with van der Waals surface area (Å²) >= 11 is 0. The zero-order chi connectivity index (χ0) is 10.7. The van der Waals surface area contributed by atoms with E-state index in [-0.39, 0.29) is 6.04 Å². The number of nitrogens with zero attached hydrogens (tertiary/aromatic N) is 4. The average molecular weight is 197 g/mol. The number of anilines is 1. The lowest BCUT2D eigenvalue weighted by atomic mass is 10.2. The van der Waals surface area contributed by atoms with Gasteiger partial charge in [-0.2, -0.15) is 0 Å². The maximum atomic E-state index is 5.74. The van der Waals surface area contributed by atoms with Gasteiger partial charge in [0.15, 0.2) is 0 Å². The van der Waals surface area contributed by atoms with E-state index in [2.05, 4.69) is 21.7 Å². The minimum Gasteiger partial charge on any atom is -0.347 e. The predicted octanol–water partition coefficient (Wildman–Crippen LogP) is 0.254. The van der Waals surface area contributed by atoms with Crippen molar-refractivity contribution in [3.8, 4) is 0 Å². The van der Waals surface area contributed by atoms with Crippen LogP contribution in [0.5, 0.6) is 0 Å². The van der Waals surface area contributed by atoms with E-state index in [4.69, 9.17) is 5.73 Å². The van der Waals surface area contributed by atoms with Crippen molar-refractivity contribution in [2.45, 2.75) is 32.9 Å². The number of aromatic nitrogens is 3. The van der Waals surface area contributed by atoms with E-state index in [0.29, 0.717) is 0 Å². The Bertz CT molecular complexity index is 289. The van der Waals surface area contributed by atoms with Crippen LogP contribution < -0.4 is 10.6 Å². The van der Waals surface area contributed by atoms with Gasteiger partial charge in [0, 0.05) is 33.1 Å². The minimum atomic E-state index is 0.125. The lowest BCUT2D eigenvalue weighted by Crippen LogP contribution is -2.22. The van der Waals surface area contributed by atoms with Gasteiger partial charge in [0.05, 0.1) is 0 Å². The maximum absolute atomic E-state index is 5.74. The second kappa shape index (κ2) is 4.41. The Morgan fingerprint density at radius 2 is 2.07 bits per heavy atom. The normalized spacial score (nSPS) is 12.9. The van der Waals surface area contributed by atoms with Gasteiger partial charge in [-0.15, -0.1) is 10.2 Å². The molecule has 0 saturated carbocycles. The monoisotopic (exact) mass is 197 g/mol. The molecule has 1 heterocycles. The molecular formula is C9H19N5. The summed E-state index contributed by atoms with van der Waals surface area (Å²) in [5.41, 5.74) is 5.74. The smallest absolute Gasteiger partial charge is 0.226 e. The molecule has 0 aromatic carbocycles. The summed E-state index contributed by atoms with van der Waals surface area (Å²) in [6.07, 6.45) is 0.773. The predicted molar refractivity (Wildman–Crippen MR) is 57.4 cm³/mol. The highest BCUT2D eigenvalue weighted by atomic mass is 15.4. The van der Waals surface area contributed by atoms with Crippen molar-refractivity contribution >= 4 is 5.95 Å². The molecule has 0 saturated heterocycles. The highest BCUT2D eigenvalue weighted by molar-refractivity contribution is 5.28. The zero-order valence-corrected chi connectivity index (χ0v) is 9.36. The second-order valence-corrected chi connectivity index (χ2v) is 3.74. The van der Waals surface area contributed by atoms with Crippen molar-refractivity contribution in [3.05, 3.63) is 5.82 Å². The van der Waals surface area contributed by atoms with Gasteiger partial charge < -0.3 is 10.6 Å². The first-order valence-electron chi connectivity index (χ1n) is 4.91. The molecule has 0 aliphatic rings. The molecule has 5 heteroatoms. The molecule has 1 unspecified atom stereocenters. The van der Waals surface area contributed by atoms with Gasteiger partial charge in [-0.05, 0) is 13.8 Å². The van der Waals surface area contributed by atoms with E-state index in [0.717, 1.165) is 24.7 Å². The van der Waals surface area contributed by atoms with Crippen LogP contribution >= 0.6 is 0 Å². The number of nitrogens with two attached hydrogens (primary N) is 1. The molecule has 1 aromatic rings. The first-order valence-corrected chi connectivity index (χ1v) is 4.91. The van der Waals surface area contributed by atoms with E-state index in [1.165, 1.54) is 0 Å². The molecule has 0 aliphatic carbocycles. The summed E-state index contributed by atoms with van der Waals surface area (Å²) in [7, 11) is 3.93. The molecule has 1 rings (SSSR count). The van der Waals surface area contributed by atoms with Gasteiger partial charge >= 0.3 is 0 Å². The van der Waals surface area contributed by atoms with Gasteiger partial charge in [-0.3, -0.25) is 4.57 Å². The maximum Gasteiger partial charge on any atom is 0.226 e. The first-order chi connectivity index (χ1) is 6.56. The largest absolute Gasteiger partial charge is 0.347 e. The SMILES string of the molecule is CCn1c(CC(C)N)nnc1N(C)C. The van der Waals surface area contributed by atoms with Gasteiger partial charge in [0.25, 0.3) is 0 Å². The van der Waals surface area contributed by atoms with Gasteiger partial charge in [-0.25, -0.2) is 0 Å². The fourth-order valence-electron chi connectivity index (χ4n) is 1.42. The fraction of sp³-hybridized carbons (Fsp3) is 0.778. The average Bonchev–Trinajstić information content (AvgIpc) is 2.46. The van der Waals surface area contributed by atoms with Gasteiger partial charge in [0.2, 0.25) is 5.95 Å². The van der Waals surface area contributed by atoms with Gasteiger partial charge in [0.1, 0.15) is 5.82 Å². The van der Waals surface area contributed by atoms with Crippen LogP contribution in [0.3, 0.4) is 0 Å². The number of hydrogen-bond donors (Lipinski definition) is 1. The third kappa shape index (κ3) is 2.23. The van der Waals surface area contributed by atoms with Crippen LogP contribution in [0.15, 0.2) is 0 Å². The molecule has 0 bridgehead atoms. The molecule has 1 aromatic heterocycles. The molecule has 0 aliphatic heterocycles. The summed E-state index contributed by atoms with van der Waals surface area (Å²) in [6.45, 7) is 4.94. The van der Waals surface area contributed by atoms with E-state index in [9.17, 15) is 0 Å². The minimum absolute atomic E-state index is 0.125. The lowest BCUT2D eigenvalue weighted by molar-refractivity contribution is 0.635. The van der Waals surface area contributed by atoms with E-state index in [1.54, 1.807) is 0 Å². The summed E-state index contributed by atoms with van der Waals surface area (Å²) in [5.74, 6) is 1.86. The Morgan fingerprint density at radius 1 is 1.43 bits per heavy atom. The molecule has 1 atom stereocenters. The molecule has 80 valence electrons. The fourth-order valence-corrected chi connectivity index (χ4v) is 1.42. The molecule has 2 N–H and O–H groups in total. The van der Waals surface area contributed by atoms with Crippen molar-refractivity contribution in [3.63, 3.8) is 0 Å². The van der Waals surface area contributed by atoms with Crippen molar-refractivity contribution in [1.82, 2.24) is 14.8 Å². The first kappa shape index (κ1) is 11.0. The topological polar surface area (TPSA) is 60.0 Å². The van der Waals surface area contributed by atoms with Crippen LogP contribution in [0.25, 0.3) is 0 Å². The molecule has 5 nitrogen and oxygen atoms in total. The van der Waals surface area contributed by atoms with Crippen molar-refractivity contribution in [1.29, 1.82) is 0 Å². The highest BCUT2D eigenvalue weighted by Crippen LogP contribution is 2.11. The van der Waals surface area contributed by atoms with Crippen LogP contribution in [-0.2, 0) is 13.0 Å². The van der Waals surface area contributed by atoms with Crippen LogP contribution in [0.1, 0.15) is 19.7 Å². The Labute approximate surface area is 84.9 Å². The van der Waals surface area contributed by atoms with Crippen molar-refractivity contribution in [2.75, 3.05) is 19.0 Å². The Kier molecular flexibility index (Phi) is 3.46. The van der Waals surface area contributed by atoms with Crippen LogP contribution in [0, 0.1) is 0 Å². The summed E-state index contributed by atoms with van der Waals surface area (Å²) in [6, 6.07) is 0.125. The highest BCUT2D eigenvalue weighted by Gasteiger charge is 2.12. The van der Waals surface area contributed by atoms with E-state index < -0.39 is 0 Å². The van der Waals surface area contributed by atoms with Crippen molar-refractivity contribution < 1.29 is 0 Å². The Morgan fingerprint density at radius 3 is 2.50 bits per heavy atom. The summed E-state index contributed by atoms with van der Waals surface area (Å²) in [5, 5.41) is 8.26. The van der Waals surface area contributed by atoms with Crippen LogP contribution in [0.2, 0.25) is 0 Å². The molecule has 0 radical (unpaired) electrons. The third-order valence-electron chi connectivity index (χ3n) is 2.03. The molecule has 0 spiro atoms. The lowest BCUT2D eigenvalue weighted by Gasteiger charge is -2.13. The third-order valence-corrected chi connectivity index (χ3v) is 2.03. The van der Waals surface area contributed by atoms with Gasteiger partial charge in [-0.1, -0.05) is 0 Å². The summed E-state index contributed by atoms with van der Waals surface area (Å²) in [4.78, 5) is 1.96. The second-order valence-electron chi connectivity index (χ2n) is 3.74. The Balaban J connectivity index is 2.95. The van der Waals surface area contributed by atoms with Crippen LogP contribution in [-0.4, -0.2) is 34.9 Å². The standard InChI is InChI=1S/C9H19N5/c1-5-14-8(6-7(2)10)11-12-9(14)13(3)4/h7H,5-6,10H2,1-4H3. The summed E-state index contributed by atoms with van der Waals surface area (Å²) < 4.78 is 2.09. The van der Waals surface area contributed by atoms with E-state index in [1.807, 2.05) is 25.9 Å². The molecule has 0 fully saturated rings. The Hall–Kier alpha value is -1.10. The molecular weight excluding hydrogens is 178 g/mol. The molecule has 0 amide bonds. The van der Waals surface area contributed by atoms with Crippen LogP contribution in [0.4, 0.5) is 5.95 Å². The van der Waals surface area contributed by atoms with E-state index >= 15 is 0 Å². The quantitative estimate of drug-likeness (QED) is 0.752. The number of hydrogen-bond acceptors (Lipinski definition) is 4. The molecule has 14 heavy (non-hydrogen) atoms. The number of rotatable bonds is 4. The zero-order valence-electron chi connectivity index (χ0n) is 9.36.